The number of nitrogens with one attached hydrogen (secondary N) is 2. The summed E-state index contributed by atoms with van der Waals surface area (Å²) < 4.78 is 84.4. The van der Waals surface area contributed by atoms with E-state index < -0.39 is 55.0 Å². The van der Waals surface area contributed by atoms with E-state index in [0.717, 1.165) is 30.3 Å². The molecule has 0 bridgehead atoms. The zero-order valence-electron chi connectivity index (χ0n) is 18.7. The number of ether oxygens (including phenoxy) is 1. The Labute approximate surface area is 206 Å². The minimum Gasteiger partial charge on any atom is -0.496 e. The third kappa shape index (κ3) is 7.33. The molecule has 0 aliphatic carbocycles. The van der Waals surface area contributed by atoms with Gasteiger partial charge in [0.15, 0.2) is 0 Å². The van der Waals surface area contributed by atoms with E-state index in [0.29, 0.717) is 0 Å². The Kier molecular flexibility index (Phi) is 8.05. The minimum absolute atomic E-state index is 0.0739. The molecular weight excluding hydrogens is 518 g/mol. The lowest BCUT2D eigenvalue weighted by atomic mass is 10.1. The molecule has 2 amide bonds. The highest BCUT2D eigenvalue weighted by Gasteiger charge is 2.23. The molecule has 0 spiro atoms. The van der Waals surface area contributed by atoms with Crippen LogP contribution in [0.1, 0.15) is 31.8 Å². The highest BCUT2D eigenvalue weighted by atomic mass is 32.2. The first-order valence-electron chi connectivity index (χ1n) is 10.1. The van der Waals surface area contributed by atoms with Gasteiger partial charge in [0.1, 0.15) is 17.4 Å². The van der Waals surface area contributed by atoms with Crippen LogP contribution in [-0.4, -0.2) is 35.8 Å². The summed E-state index contributed by atoms with van der Waals surface area (Å²) >= 11 is 0. The Balaban J connectivity index is 1.77. The summed E-state index contributed by atoms with van der Waals surface area (Å²) in [6.07, 6.45) is 0. The standard InChI is InChI=1S/C23H20F2N2O7S2/c1-34-21-11-6-17(22(28)26-35(30,31)13-15-2-7-18(24)8-3-15)12-20(21)23(29)27-36(32,33)14-16-4-9-19(25)10-5-16/h2-12H,13-14H2,1H3,(H,26,28)(H,27,29). The van der Waals surface area contributed by atoms with E-state index in [1.807, 2.05) is 9.44 Å². The van der Waals surface area contributed by atoms with Crippen LogP contribution >= 0.6 is 0 Å². The second-order valence-electron chi connectivity index (χ2n) is 7.55. The molecule has 3 rings (SSSR count). The number of rotatable bonds is 9. The molecule has 0 heterocycles. The Morgan fingerprint density at radius 2 is 1.17 bits per heavy atom. The van der Waals surface area contributed by atoms with Gasteiger partial charge in [-0.3, -0.25) is 9.59 Å². The van der Waals surface area contributed by atoms with E-state index in [2.05, 4.69) is 0 Å². The van der Waals surface area contributed by atoms with Gasteiger partial charge in [-0.15, -0.1) is 0 Å². The lowest BCUT2D eigenvalue weighted by molar-refractivity contribution is 0.0977. The van der Waals surface area contributed by atoms with Crippen LogP contribution in [0, 0.1) is 11.6 Å². The molecule has 0 aliphatic heterocycles. The monoisotopic (exact) mass is 538 g/mol. The van der Waals surface area contributed by atoms with Gasteiger partial charge in [-0.25, -0.2) is 35.1 Å². The van der Waals surface area contributed by atoms with E-state index in [1.54, 1.807) is 0 Å². The molecule has 3 aromatic carbocycles. The van der Waals surface area contributed by atoms with E-state index in [4.69, 9.17) is 4.74 Å². The molecule has 0 saturated heterocycles. The highest BCUT2D eigenvalue weighted by Crippen LogP contribution is 2.21. The van der Waals surface area contributed by atoms with Crippen LogP contribution in [-0.2, 0) is 31.6 Å². The first-order chi connectivity index (χ1) is 16.9. The van der Waals surface area contributed by atoms with Crippen molar-refractivity contribution >= 4 is 31.9 Å². The second-order valence-corrected chi connectivity index (χ2v) is 11.0. The van der Waals surface area contributed by atoms with Gasteiger partial charge in [0.05, 0.1) is 24.2 Å². The van der Waals surface area contributed by atoms with Crippen molar-refractivity contribution in [3.63, 3.8) is 0 Å². The smallest absolute Gasteiger partial charge is 0.268 e. The van der Waals surface area contributed by atoms with Gasteiger partial charge in [0, 0.05) is 5.56 Å². The van der Waals surface area contributed by atoms with Crippen molar-refractivity contribution in [1.82, 2.24) is 9.44 Å². The molecule has 0 aromatic heterocycles. The van der Waals surface area contributed by atoms with Gasteiger partial charge in [-0.2, -0.15) is 0 Å². The van der Waals surface area contributed by atoms with Crippen LogP contribution in [0.15, 0.2) is 66.7 Å². The predicted octanol–water partition coefficient (Wildman–Crippen LogP) is 2.49. The molecule has 2 N–H and O–H groups in total. The number of sulfonamides is 2. The molecule has 0 unspecified atom stereocenters. The van der Waals surface area contributed by atoms with Crippen molar-refractivity contribution in [2.24, 2.45) is 0 Å². The third-order valence-electron chi connectivity index (χ3n) is 4.74. The van der Waals surface area contributed by atoms with Gasteiger partial charge in [-0.05, 0) is 53.6 Å². The maximum absolute atomic E-state index is 13.0. The minimum atomic E-state index is -4.22. The molecule has 0 aliphatic rings. The Hall–Kier alpha value is -3.84. The van der Waals surface area contributed by atoms with Crippen LogP contribution < -0.4 is 14.2 Å². The van der Waals surface area contributed by atoms with E-state index >= 15 is 0 Å². The lowest BCUT2D eigenvalue weighted by Crippen LogP contribution is -2.33. The van der Waals surface area contributed by atoms with Crippen LogP contribution in [0.25, 0.3) is 0 Å². The summed E-state index contributed by atoms with van der Waals surface area (Å²) in [4.78, 5) is 25.3. The Bertz CT molecular complexity index is 1490. The van der Waals surface area contributed by atoms with Crippen molar-refractivity contribution in [3.8, 4) is 5.75 Å². The van der Waals surface area contributed by atoms with Gasteiger partial charge in [0.2, 0.25) is 20.0 Å². The average molecular weight is 539 g/mol. The number of hydrogen-bond acceptors (Lipinski definition) is 7. The fraction of sp³-hybridized carbons (Fsp3) is 0.130. The molecule has 0 fully saturated rings. The van der Waals surface area contributed by atoms with Crippen molar-refractivity contribution in [3.05, 3.63) is 101 Å². The first-order valence-corrected chi connectivity index (χ1v) is 13.4. The van der Waals surface area contributed by atoms with Crippen molar-refractivity contribution in [2.45, 2.75) is 11.5 Å². The fourth-order valence-electron chi connectivity index (χ4n) is 3.10. The quantitative estimate of drug-likeness (QED) is 0.427. The zero-order chi connectivity index (χ0) is 26.5. The normalized spacial score (nSPS) is 11.5. The van der Waals surface area contributed by atoms with Crippen molar-refractivity contribution in [1.29, 1.82) is 0 Å². The topological polar surface area (TPSA) is 136 Å². The number of hydrogen-bond donors (Lipinski definition) is 2. The van der Waals surface area contributed by atoms with Gasteiger partial charge in [-0.1, -0.05) is 24.3 Å². The summed E-state index contributed by atoms with van der Waals surface area (Å²) in [5, 5.41) is 0. The molecule has 3 aromatic rings. The average Bonchev–Trinajstić information content (AvgIpc) is 2.80. The molecule has 0 radical (unpaired) electrons. The van der Waals surface area contributed by atoms with Crippen molar-refractivity contribution in [2.75, 3.05) is 7.11 Å². The second kappa shape index (κ2) is 10.8. The summed E-state index contributed by atoms with van der Waals surface area (Å²) in [6, 6.07) is 12.6. The lowest BCUT2D eigenvalue weighted by Gasteiger charge is -2.12. The van der Waals surface area contributed by atoms with Gasteiger partial charge < -0.3 is 4.74 Å². The maximum Gasteiger partial charge on any atom is 0.268 e. The Morgan fingerprint density at radius 1 is 0.722 bits per heavy atom. The molecule has 13 heteroatoms. The largest absolute Gasteiger partial charge is 0.496 e. The van der Waals surface area contributed by atoms with Crippen LogP contribution in [0.3, 0.4) is 0 Å². The Morgan fingerprint density at radius 3 is 1.61 bits per heavy atom. The molecule has 36 heavy (non-hydrogen) atoms. The SMILES string of the molecule is COc1ccc(C(=O)NS(=O)(=O)Cc2ccc(F)cc2)cc1C(=O)NS(=O)(=O)Cc1ccc(F)cc1. The van der Waals surface area contributed by atoms with Crippen LogP contribution in [0.4, 0.5) is 8.78 Å². The summed E-state index contributed by atoms with van der Waals surface area (Å²) in [6.45, 7) is 0. The summed E-state index contributed by atoms with van der Waals surface area (Å²) in [5.41, 5.74) is -0.149. The first kappa shape index (κ1) is 26.8. The molecule has 9 nitrogen and oxygen atoms in total. The molecule has 0 saturated carbocycles. The van der Waals surface area contributed by atoms with Gasteiger partial charge >= 0.3 is 0 Å². The summed E-state index contributed by atoms with van der Waals surface area (Å²) in [7, 11) is -7.19. The number of carbonyl (C=O) groups is 2. The van der Waals surface area contributed by atoms with E-state index in [1.165, 1.54) is 43.5 Å². The van der Waals surface area contributed by atoms with Crippen molar-refractivity contribution < 1.29 is 39.9 Å². The number of methoxy groups -OCH3 is 1. The number of amides is 2. The van der Waals surface area contributed by atoms with Crippen LogP contribution in [0.2, 0.25) is 0 Å². The zero-order valence-corrected chi connectivity index (χ0v) is 20.3. The number of halogens is 2. The maximum atomic E-state index is 13.0. The van der Waals surface area contributed by atoms with Gasteiger partial charge in [0.25, 0.3) is 11.8 Å². The number of benzene rings is 3. The summed E-state index contributed by atoms with van der Waals surface area (Å²) in [5.74, 6) is -4.62. The molecule has 190 valence electrons. The van der Waals surface area contributed by atoms with Crippen LogP contribution in [0.5, 0.6) is 5.75 Å². The molecular formula is C23H20F2N2O7S2. The third-order valence-corrected chi connectivity index (χ3v) is 7.16. The fourth-order valence-corrected chi connectivity index (χ4v) is 5.29. The predicted molar refractivity (Wildman–Crippen MR) is 126 cm³/mol. The van der Waals surface area contributed by atoms with E-state index in [9.17, 15) is 35.2 Å². The van der Waals surface area contributed by atoms with E-state index in [-0.39, 0.29) is 28.0 Å². The molecule has 0 atom stereocenters. The highest BCUT2D eigenvalue weighted by molar-refractivity contribution is 7.89. The number of carbonyl (C=O) groups excluding carboxylic acids is 2.